The van der Waals surface area contributed by atoms with Crippen molar-refractivity contribution in [2.45, 2.75) is 13.5 Å². The number of aromatic nitrogens is 4. The number of fused-ring (bicyclic) bond motifs is 1. The Morgan fingerprint density at radius 1 is 1.11 bits per heavy atom. The fraction of sp³-hybridized carbons (Fsp3) is 0.115. The molecule has 3 aromatic heterocycles. The first-order valence-corrected chi connectivity index (χ1v) is 11.0. The van der Waals surface area contributed by atoms with Gasteiger partial charge >= 0.3 is 0 Å². The Hall–Kier alpha value is -4.86. The normalized spacial score (nSPS) is 11.0. The maximum atomic E-state index is 13.6. The monoisotopic (exact) mass is 485 g/mol. The number of methoxy groups -OCH3 is 1. The number of aryl methyl sites for hydroxylation is 1. The topological polar surface area (TPSA) is 112 Å². The van der Waals surface area contributed by atoms with Gasteiger partial charge in [-0.3, -0.25) is 9.59 Å². The molecule has 0 aliphatic rings. The number of hydrogen-bond acceptors (Lipinski definition) is 7. The number of ether oxygens (including phenoxy) is 1. The molecule has 0 saturated heterocycles. The second-order valence-electron chi connectivity index (χ2n) is 8.01. The number of carbonyl (C=O) groups excluding carboxylic acids is 1. The number of amides is 1. The third kappa shape index (κ3) is 4.43. The minimum atomic E-state index is -0.450. The van der Waals surface area contributed by atoms with E-state index in [4.69, 9.17) is 9.26 Å². The Kier molecular flexibility index (Phi) is 5.99. The Balaban J connectivity index is 1.55. The highest BCUT2D eigenvalue weighted by Gasteiger charge is 2.19. The molecule has 0 fully saturated rings. The zero-order chi connectivity index (χ0) is 25.2. The Morgan fingerprint density at radius 2 is 1.94 bits per heavy atom. The van der Waals surface area contributed by atoms with E-state index in [0.29, 0.717) is 28.3 Å². The summed E-state index contributed by atoms with van der Waals surface area (Å²) in [5.41, 5.74) is 1.64. The van der Waals surface area contributed by atoms with Crippen LogP contribution in [0.15, 0.2) is 76.2 Å². The number of hydrogen-bond donors (Lipinski definition) is 1. The number of nitrogens with one attached hydrogen (secondary N) is 1. The van der Waals surface area contributed by atoms with Crippen molar-refractivity contribution in [2.75, 3.05) is 12.4 Å². The second kappa shape index (κ2) is 9.41. The van der Waals surface area contributed by atoms with Crippen molar-refractivity contribution in [1.82, 2.24) is 19.7 Å². The molecule has 3 heterocycles. The lowest BCUT2D eigenvalue weighted by Gasteiger charge is -2.13. The average Bonchev–Trinajstić information content (AvgIpc) is 3.36. The van der Waals surface area contributed by atoms with Crippen molar-refractivity contribution in [3.8, 4) is 28.6 Å². The Bertz CT molecular complexity index is 1660. The number of para-hydroxylation sites is 2. The van der Waals surface area contributed by atoms with E-state index in [1.165, 1.54) is 31.5 Å². The van der Waals surface area contributed by atoms with E-state index < -0.39 is 5.82 Å². The summed E-state index contributed by atoms with van der Waals surface area (Å²) in [6.45, 7) is 1.64. The standard InChI is InChI=1S/C26H20FN5O4/c1-15-10-11-18-23(34)19(26-30-24(31-36-26)16-6-5-7-17(27)12-16)13-32(25(18)28-15)14-22(33)29-20-8-3-4-9-21(20)35-2/h3-13H,14H2,1-2H3,(H,29,33). The Morgan fingerprint density at radius 3 is 2.75 bits per heavy atom. The zero-order valence-electron chi connectivity index (χ0n) is 19.4. The van der Waals surface area contributed by atoms with Crippen LogP contribution in [-0.4, -0.2) is 32.7 Å². The van der Waals surface area contributed by atoms with Gasteiger partial charge in [-0.1, -0.05) is 29.4 Å². The van der Waals surface area contributed by atoms with Crippen molar-refractivity contribution in [3.05, 3.63) is 88.6 Å². The van der Waals surface area contributed by atoms with Gasteiger partial charge in [0.1, 0.15) is 29.3 Å². The molecule has 5 aromatic rings. The van der Waals surface area contributed by atoms with Crippen LogP contribution in [0.3, 0.4) is 0 Å². The summed E-state index contributed by atoms with van der Waals surface area (Å²) >= 11 is 0. The first kappa shape index (κ1) is 22.9. The quantitative estimate of drug-likeness (QED) is 0.383. The van der Waals surface area contributed by atoms with Gasteiger partial charge in [-0.15, -0.1) is 0 Å². The molecule has 0 aliphatic heterocycles. The van der Waals surface area contributed by atoms with E-state index in [-0.39, 0.29) is 40.5 Å². The predicted molar refractivity (Wildman–Crippen MR) is 131 cm³/mol. The summed E-state index contributed by atoms with van der Waals surface area (Å²) in [5.74, 6) is -0.216. The van der Waals surface area contributed by atoms with Crippen LogP contribution in [0.2, 0.25) is 0 Å². The Labute approximate surface area is 204 Å². The van der Waals surface area contributed by atoms with Crippen LogP contribution in [0.25, 0.3) is 33.9 Å². The van der Waals surface area contributed by atoms with Gasteiger partial charge in [0.15, 0.2) is 0 Å². The molecule has 0 spiro atoms. The van der Waals surface area contributed by atoms with Gasteiger partial charge in [-0.25, -0.2) is 9.37 Å². The van der Waals surface area contributed by atoms with E-state index in [2.05, 4.69) is 20.4 Å². The maximum absolute atomic E-state index is 13.6. The van der Waals surface area contributed by atoms with Gasteiger partial charge in [0.2, 0.25) is 17.2 Å². The van der Waals surface area contributed by atoms with Crippen molar-refractivity contribution < 1.29 is 18.4 Å². The molecule has 0 aliphatic carbocycles. The molecule has 1 N–H and O–H groups in total. The first-order chi connectivity index (χ1) is 17.4. The number of pyridine rings is 2. The van der Waals surface area contributed by atoms with Crippen LogP contribution in [-0.2, 0) is 11.3 Å². The van der Waals surface area contributed by atoms with E-state index in [1.54, 1.807) is 54.0 Å². The lowest BCUT2D eigenvalue weighted by Crippen LogP contribution is -2.22. The predicted octanol–water partition coefficient (Wildman–Crippen LogP) is 4.21. The van der Waals surface area contributed by atoms with Crippen LogP contribution < -0.4 is 15.5 Å². The van der Waals surface area contributed by atoms with Gasteiger partial charge in [0.25, 0.3) is 5.89 Å². The van der Waals surface area contributed by atoms with Crippen LogP contribution in [0, 0.1) is 12.7 Å². The number of nitrogens with zero attached hydrogens (tertiary/aromatic N) is 4. The highest BCUT2D eigenvalue weighted by Crippen LogP contribution is 2.25. The summed E-state index contributed by atoms with van der Waals surface area (Å²) < 4.78 is 25.8. The van der Waals surface area contributed by atoms with Crippen LogP contribution in [0.1, 0.15) is 5.69 Å². The van der Waals surface area contributed by atoms with Gasteiger partial charge in [-0.05, 0) is 43.3 Å². The fourth-order valence-electron chi connectivity index (χ4n) is 3.80. The van der Waals surface area contributed by atoms with Crippen LogP contribution in [0.5, 0.6) is 5.75 Å². The number of benzene rings is 2. The molecule has 0 saturated carbocycles. The minimum Gasteiger partial charge on any atom is -0.495 e. The van der Waals surface area contributed by atoms with Crippen molar-refractivity contribution in [2.24, 2.45) is 0 Å². The van der Waals surface area contributed by atoms with Gasteiger partial charge < -0.3 is 19.1 Å². The van der Waals surface area contributed by atoms with Gasteiger partial charge in [0, 0.05) is 17.5 Å². The molecule has 1 amide bonds. The molecule has 9 nitrogen and oxygen atoms in total. The molecule has 5 rings (SSSR count). The minimum absolute atomic E-state index is 0.0550. The number of rotatable bonds is 6. The molecule has 0 unspecified atom stereocenters. The molecule has 10 heteroatoms. The summed E-state index contributed by atoms with van der Waals surface area (Å²) in [6, 6.07) is 16.1. The van der Waals surface area contributed by atoms with Gasteiger partial charge in [0.05, 0.1) is 18.2 Å². The number of anilines is 1. The molecular formula is C26H20FN5O4. The smallest absolute Gasteiger partial charge is 0.263 e. The number of halogens is 1. The lowest BCUT2D eigenvalue weighted by atomic mass is 10.1. The van der Waals surface area contributed by atoms with Gasteiger partial charge in [-0.2, -0.15) is 4.98 Å². The van der Waals surface area contributed by atoms with Crippen molar-refractivity contribution >= 4 is 22.6 Å². The molecule has 180 valence electrons. The van der Waals surface area contributed by atoms with E-state index >= 15 is 0 Å². The van der Waals surface area contributed by atoms with E-state index in [1.807, 2.05) is 0 Å². The van der Waals surface area contributed by atoms with Crippen LogP contribution in [0.4, 0.5) is 10.1 Å². The highest BCUT2D eigenvalue weighted by molar-refractivity contribution is 5.93. The molecule has 36 heavy (non-hydrogen) atoms. The third-order valence-electron chi connectivity index (χ3n) is 5.49. The lowest BCUT2D eigenvalue weighted by molar-refractivity contribution is -0.116. The largest absolute Gasteiger partial charge is 0.495 e. The van der Waals surface area contributed by atoms with Crippen molar-refractivity contribution in [3.63, 3.8) is 0 Å². The average molecular weight is 485 g/mol. The highest BCUT2D eigenvalue weighted by atomic mass is 19.1. The molecule has 0 bridgehead atoms. The summed E-state index contributed by atoms with van der Waals surface area (Å²) in [7, 11) is 1.52. The third-order valence-corrected chi connectivity index (χ3v) is 5.49. The molecule has 2 aromatic carbocycles. The summed E-state index contributed by atoms with van der Waals surface area (Å²) in [4.78, 5) is 35.0. The maximum Gasteiger partial charge on any atom is 0.263 e. The molecular weight excluding hydrogens is 465 g/mol. The SMILES string of the molecule is COc1ccccc1NC(=O)Cn1cc(-c2nc(-c3cccc(F)c3)no2)c(=O)c2ccc(C)nc21. The second-order valence-corrected chi connectivity index (χ2v) is 8.01. The fourth-order valence-corrected chi connectivity index (χ4v) is 3.80. The number of carbonyl (C=O) groups is 1. The summed E-state index contributed by atoms with van der Waals surface area (Å²) in [6.07, 6.45) is 1.46. The van der Waals surface area contributed by atoms with Crippen molar-refractivity contribution in [1.29, 1.82) is 0 Å². The first-order valence-electron chi connectivity index (χ1n) is 11.0. The van der Waals surface area contributed by atoms with Crippen LogP contribution >= 0.6 is 0 Å². The van der Waals surface area contributed by atoms with E-state index in [0.717, 1.165) is 0 Å². The molecule has 0 radical (unpaired) electrons. The zero-order valence-corrected chi connectivity index (χ0v) is 19.4. The van der Waals surface area contributed by atoms with E-state index in [9.17, 15) is 14.0 Å². The molecule has 0 atom stereocenters. The summed E-state index contributed by atoms with van der Waals surface area (Å²) in [5, 5.41) is 7.00.